The van der Waals surface area contributed by atoms with Gasteiger partial charge >= 0.3 is 12.0 Å². The lowest BCUT2D eigenvalue weighted by atomic mass is 9.59. The zero-order chi connectivity index (χ0) is 17.3. The molecule has 4 rings (SSSR count). The first-order chi connectivity index (χ1) is 11.2. The van der Waals surface area contributed by atoms with Crippen molar-refractivity contribution in [3.63, 3.8) is 0 Å². The van der Waals surface area contributed by atoms with E-state index in [1.54, 1.807) is 6.92 Å². The van der Waals surface area contributed by atoms with Gasteiger partial charge in [0.25, 0.3) is 5.91 Å². The smallest absolute Gasteiger partial charge is 0.326 e. The summed E-state index contributed by atoms with van der Waals surface area (Å²) in [7, 11) is 0. The topological polar surface area (TPSA) is 84.9 Å². The average Bonchev–Trinajstić information content (AvgIpc) is 3.24. The number of nitrogens with zero attached hydrogens (tertiary/aromatic N) is 1. The predicted molar refractivity (Wildman–Crippen MR) is 82.9 cm³/mol. The van der Waals surface area contributed by atoms with E-state index in [0.717, 1.165) is 24.2 Å². The first-order valence-electron chi connectivity index (χ1n) is 8.70. The largest absolute Gasteiger partial charge is 0.460 e. The number of carbonyl (C=O) groups is 3. The van der Waals surface area contributed by atoms with E-state index in [2.05, 4.69) is 5.32 Å². The summed E-state index contributed by atoms with van der Waals surface area (Å²) in [5.41, 5.74) is -1.09. The van der Waals surface area contributed by atoms with Crippen LogP contribution in [0.1, 0.15) is 40.0 Å². The van der Waals surface area contributed by atoms with Crippen LogP contribution in [0.25, 0.3) is 0 Å². The van der Waals surface area contributed by atoms with Crippen molar-refractivity contribution in [1.29, 1.82) is 0 Å². The summed E-state index contributed by atoms with van der Waals surface area (Å²) in [6.45, 7) is 6.16. The predicted octanol–water partition coefficient (Wildman–Crippen LogP) is 1.06. The number of hydrogen-bond acceptors (Lipinski definition) is 5. The number of carbonyl (C=O) groups excluding carboxylic acids is 3. The highest BCUT2D eigenvalue weighted by molar-refractivity contribution is 6.08. The van der Waals surface area contributed by atoms with Crippen LogP contribution in [0, 0.1) is 17.3 Å². The molecule has 7 nitrogen and oxygen atoms in total. The van der Waals surface area contributed by atoms with Crippen molar-refractivity contribution in [3.05, 3.63) is 0 Å². The number of fused-ring (bicyclic) bond motifs is 1. The van der Waals surface area contributed by atoms with Gasteiger partial charge in [0.05, 0.1) is 6.10 Å². The molecule has 2 aliphatic heterocycles. The summed E-state index contributed by atoms with van der Waals surface area (Å²) in [6, 6.07) is -0.499. The van der Waals surface area contributed by atoms with E-state index < -0.39 is 17.5 Å². The maximum absolute atomic E-state index is 12.5. The van der Waals surface area contributed by atoms with Gasteiger partial charge in [-0.05, 0) is 32.1 Å². The average molecular weight is 336 g/mol. The number of amides is 3. The monoisotopic (exact) mass is 336 g/mol. The number of imide groups is 1. The molecule has 4 atom stereocenters. The first-order valence-corrected chi connectivity index (χ1v) is 8.70. The van der Waals surface area contributed by atoms with E-state index >= 15 is 0 Å². The fourth-order valence-electron chi connectivity index (χ4n) is 4.62. The summed E-state index contributed by atoms with van der Waals surface area (Å²) in [5.74, 6) is -0.440. The van der Waals surface area contributed by atoms with Crippen LogP contribution in [0.3, 0.4) is 0 Å². The number of esters is 1. The number of ether oxygens (including phenoxy) is 2. The molecule has 2 saturated heterocycles. The van der Waals surface area contributed by atoms with E-state index in [-0.39, 0.29) is 41.9 Å². The van der Waals surface area contributed by atoms with Crippen molar-refractivity contribution in [2.75, 3.05) is 13.2 Å². The quantitative estimate of drug-likeness (QED) is 0.613. The lowest BCUT2D eigenvalue weighted by Gasteiger charge is -2.53. The molecule has 0 aromatic carbocycles. The third kappa shape index (κ3) is 2.10. The third-order valence-electron chi connectivity index (χ3n) is 6.23. The van der Waals surface area contributed by atoms with Crippen molar-refractivity contribution in [3.8, 4) is 0 Å². The second-order valence-corrected chi connectivity index (χ2v) is 8.27. The molecule has 4 aliphatic rings. The maximum Gasteiger partial charge on any atom is 0.326 e. The van der Waals surface area contributed by atoms with E-state index in [0.29, 0.717) is 6.61 Å². The Bertz CT molecular complexity index is 614. The van der Waals surface area contributed by atoms with Gasteiger partial charge in [-0.2, -0.15) is 0 Å². The van der Waals surface area contributed by atoms with Crippen molar-refractivity contribution >= 4 is 17.9 Å². The second-order valence-electron chi connectivity index (χ2n) is 8.27. The van der Waals surface area contributed by atoms with Crippen LogP contribution in [0.2, 0.25) is 0 Å². The number of nitrogens with one attached hydrogen (secondary N) is 1. The van der Waals surface area contributed by atoms with Gasteiger partial charge in [-0.25, -0.2) is 4.79 Å². The van der Waals surface area contributed by atoms with Crippen LogP contribution in [0.5, 0.6) is 0 Å². The van der Waals surface area contributed by atoms with Crippen molar-refractivity contribution in [2.45, 2.75) is 57.8 Å². The van der Waals surface area contributed by atoms with Gasteiger partial charge < -0.3 is 14.8 Å². The van der Waals surface area contributed by atoms with E-state index in [9.17, 15) is 14.4 Å². The standard InChI is InChI=1S/C17H24N2O5/c1-16(2)12-10(6-7-23-12)13(16)24-11(20)8-19-14(21)17(3,9-4-5-9)18-15(19)22/h9-10,12-13H,4-8H2,1-3H3,(H,18,22)/t10-,12+,13-,17-/m1/s1. The lowest BCUT2D eigenvalue weighted by molar-refractivity contribution is -0.210. The summed E-state index contributed by atoms with van der Waals surface area (Å²) in [5, 5.41) is 2.74. The molecule has 2 aliphatic carbocycles. The molecule has 0 bridgehead atoms. The number of rotatable bonds is 4. The van der Waals surface area contributed by atoms with Gasteiger partial charge in [0.1, 0.15) is 18.2 Å². The Morgan fingerprint density at radius 3 is 2.67 bits per heavy atom. The summed E-state index contributed by atoms with van der Waals surface area (Å²) in [6.07, 6.45) is 2.66. The van der Waals surface area contributed by atoms with Crippen LogP contribution >= 0.6 is 0 Å². The van der Waals surface area contributed by atoms with E-state index in [1.165, 1.54) is 0 Å². The van der Waals surface area contributed by atoms with E-state index in [4.69, 9.17) is 9.47 Å². The van der Waals surface area contributed by atoms with Gasteiger partial charge in [-0.1, -0.05) is 13.8 Å². The van der Waals surface area contributed by atoms with Gasteiger partial charge in [0.2, 0.25) is 0 Å². The number of hydrogen-bond donors (Lipinski definition) is 1. The van der Waals surface area contributed by atoms with Crippen LogP contribution in [-0.2, 0) is 19.1 Å². The van der Waals surface area contributed by atoms with Crippen LogP contribution < -0.4 is 5.32 Å². The Balaban J connectivity index is 1.40. The zero-order valence-electron chi connectivity index (χ0n) is 14.3. The molecule has 0 unspecified atom stereocenters. The van der Waals surface area contributed by atoms with Crippen molar-refractivity contribution < 1.29 is 23.9 Å². The minimum absolute atomic E-state index is 0.130. The minimum Gasteiger partial charge on any atom is -0.460 e. The van der Waals surface area contributed by atoms with Crippen molar-refractivity contribution in [1.82, 2.24) is 10.2 Å². The molecule has 0 aromatic heterocycles. The molecule has 0 aromatic rings. The fourth-order valence-corrected chi connectivity index (χ4v) is 4.62. The van der Waals surface area contributed by atoms with Gasteiger partial charge in [-0.15, -0.1) is 0 Å². The highest BCUT2D eigenvalue weighted by Gasteiger charge is 2.62. The summed E-state index contributed by atoms with van der Waals surface area (Å²) < 4.78 is 11.3. The highest BCUT2D eigenvalue weighted by Crippen LogP contribution is 2.53. The Kier molecular flexibility index (Phi) is 3.27. The van der Waals surface area contributed by atoms with Gasteiger partial charge in [0.15, 0.2) is 0 Å². The normalized spacial score (nSPS) is 40.1. The Morgan fingerprint density at radius 2 is 2.00 bits per heavy atom. The fraction of sp³-hybridized carbons (Fsp3) is 0.824. The highest BCUT2D eigenvalue weighted by atomic mass is 16.6. The molecular formula is C17H24N2O5. The van der Waals surface area contributed by atoms with Crippen LogP contribution in [-0.4, -0.2) is 53.7 Å². The van der Waals surface area contributed by atoms with Gasteiger partial charge in [0, 0.05) is 17.9 Å². The zero-order valence-corrected chi connectivity index (χ0v) is 14.3. The molecule has 2 saturated carbocycles. The molecule has 0 spiro atoms. The summed E-state index contributed by atoms with van der Waals surface area (Å²) >= 11 is 0. The Labute approximate surface area is 141 Å². The lowest BCUT2D eigenvalue weighted by Crippen LogP contribution is -2.61. The van der Waals surface area contributed by atoms with Gasteiger partial charge in [-0.3, -0.25) is 14.5 Å². The molecule has 0 radical (unpaired) electrons. The Morgan fingerprint density at radius 1 is 1.29 bits per heavy atom. The number of urea groups is 1. The molecule has 3 amide bonds. The Hall–Kier alpha value is -1.63. The van der Waals surface area contributed by atoms with Crippen LogP contribution in [0.4, 0.5) is 4.79 Å². The molecule has 4 fully saturated rings. The first kappa shape index (κ1) is 15.9. The molecule has 24 heavy (non-hydrogen) atoms. The van der Waals surface area contributed by atoms with Crippen LogP contribution in [0.15, 0.2) is 0 Å². The molecule has 2 heterocycles. The summed E-state index contributed by atoms with van der Waals surface area (Å²) in [4.78, 5) is 38.0. The van der Waals surface area contributed by atoms with Crippen molar-refractivity contribution in [2.24, 2.45) is 17.3 Å². The minimum atomic E-state index is -0.864. The van der Waals surface area contributed by atoms with E-state index in [1.807, 2.05) is 13.8 Å². The molecule has 1 N–H and O–H groups in total. The molecule has 132 valence electrons. The third-order valence-corrected chi connectivity index (χ3v) is 6.23. The second kappa shape index (κ2) is 4.94. The molecule has 7 heteroatoms. The maximum atomic E-state index is 12.5. The SMILES string of the molecule is CC1(C)[C@H](OC(=O)CN2C(=O)N[C@](C)(C3CC3)C2=O)[C@@H]2CCO[C@@H]21. The molecular weight excluding hydrogens is 312 g/mol.